The fraction of sp³-hybridized carbons (Fsp3) is 0.375. The molecule has 0 unspecified atom stereocenters. The Morgan fingerprint density at radius 2 is 2.55 bits per heavy atom. The van der Waals surface area contributed by atoms with E-state index >= 15 is 0 Å². The summed E-state index contributed by atoms with van der Waals surface area (Å²) in [5.41, 5.74) is 1.21. The van der Waals surface area contributed by atoms with Crippen LogP contribution in [0, 0.1) is 0 Å². The van der Waals surface area contributed by atoms with Crippen molar-refractivity contribution in [2.75, 3.05) is 19.6 Å². The van der Waals surface area contributed by atoms with E-state index in [9.17, 15) is 0 Å². The predicted molar refractivity (Wildman–Crippen MR) is 48.6 cm³/mol. The molecule has 0 aliphatic carbocycles. The number of aliphatic imine (C=N–C) groups is 1. The van der Waals surface area contributed by atoms with Gasteiger partial charge in [-0.3, -0.25) is 4.99 Å². The number of hydrogen-bond acceptors (Lipinski definition) is 3. The smallest absolute Gasteiger partial charge is 0.0658 e. The van der Waals surface area contributed by atoms with Crippen LogP contribution >= 0.6 is 11.3 Å². The maximum absolute atomic E-state index is 4.44. The molecule has 1 N–H and O–H groups in total. The number of nitrogens with one attached hydrogen (secondary N) is 1. The summed E-state index contributed by atoms with van der Waals surface area (Å²) in [6.45, 7) is 2.88. The Kier molecular flexibility index (Phi) is 2.01. The molecule has 0 amide bonds. The highest BCUT2D eigenvalue weighted by Crippen LogP contribution is 2.10. The van der Waals surface area contributed by atoms with Crippen LogP contribution in [-0.4, -0.2) is 25.3 Å². The summed E-state index contributed by atoms with van der Waals surface area (Å²) in [7, 11) is 0. The lowest BCUT2D eigenvalue weighted by Crippen LogP contribution is -2.30. The van der Waals surface area contributed by atoms with Gasteiger partial charge in [0, 0.05) is 18.0 Å². The maximum Gasteiger partial charge on any atom is 0.0658 e. The molecule has 58 valence electrons. The van der Waals surface area contributed by atoms with Gasteiger partial charge in [-0.1, -0.05) is 6.07 Å². The van der Waals surface area contributed by atoms with Crippen molar-refractivity contribution >= 4 is 17.0 Å². The fourth-order valence-electron chi connectivity index (χ4n) is 1.14. The molecular formula is C8H10N2S. The monoisotopic (exact) mass is 166 g/mol. The summed E-state index contributed by atoms with van der Waals surface area (Å²) in [6, 6.07) is 4.19. The number of thiophene rings is 1. The molecule has 2 rings (SSSR count). The van der Waals surface area contributed by atoms with Crippen molar-refractivity contribution in [3.05, 3.63) is 22.4 Å². The molecule has 1 aliphatic heterocycles. The molecule has 0 bridgehead atoms. The summed E-state index contributed by atoms with van der Waals surface area (Å²) in [5, 5.41) is 5.39. The fourth-order valence-corrected chi connectivity index (χ4v) is 1.87. The Labute approximate surface area is 70.0 Å². The second-order valence-electron chi connectivity index (χ2n) is 2.48. The largest absolute Gasteiger partial charge is 0.309 e. The molecule has 11 heavy (non-hydrogen) atoms. The zero-order valence-corrected chi connectivity index (χ0v) is 7.03. The molecule has 0 radical (unpaired) electrons. The van der Waals surface area contributed by atoms with Crippen molar-refractivity contribution in [1.29, 1.82) is 0 Å². The third-order valence-corrected chi connectivity index (χ3v) is 2.61. The summed E-state index contributed by atoms with van der Waals surface area (Å²) >= 11 is 1.76. The van der Waals surface area contributed by atoms with Crippen LogP contribution in [0.2, 0.25) is 0 Å². The number of nitrogens with zero attached hydrogens (tertiary/aromatic N) is 1. The van der Waals surface area contributed by atoms with Gasteiger partial charge in [0.15, 0.2) is 0 Å². The van der Waals surface area contributed by atoms with E-state index in [1.54, 1.807) is 11.3 Å². The van der Waals surface area contributed by atoms with Crippen LogP contribution < -0.4 is 5.32 Å². The van der Waals surface area contributed by atoms with Crippen molar-refractivity contribution in [3.63, 3.8) is 0 Å². The van der Waals surface area contributed by atoms with Crippen LogP contribution in [0.15, 0.2) is 22.5 Å². The molecular weight excluding hydrogens is 156 g/mol. The molecule has 1 aromatic heterocycles. The Bertz CT molecular complexity index is 251. The van der Waals surface area contributed by atoms with E-state index < -0.39 is 0 Å². The third kappa shape index (κ3) is 1.49. The minimum Gasteiger partial charge on any atom is -0.309 e. The van der Waals surface area contributed by atoms with Gasteiger partial charge in [-0.15, -0.1) is 11.3 Å². The highest BCUT2D eigenvalue weighted by molar-refractivity contribution is 7.12. The molecule has 1 aliphatic rings. The van der Waals surface area contributed by atoms with Gasteiger partial charge in [-0.25, -0.2) is 0 Å². The minimum absolute atomic E-state index is 0.924. The molecule has 0 saturated heterocycles. The van der Waals surface area contributed by atoms with Gasteiger partial charge < -0.3 is 5.32 Å². The zero-order valence-electron chi connectivity index (χ0n) is 6.21. The van der Waals surface area contributed by atoms with Crippen molar-refractivity contribution in [2.45, 2.75) is 0 Å². The second kappa shape index (κ2) is 3.15. The summed E-state index contributed by atoms with van der Waals surface area (Å²) in [5.74, 6) is 0. The first-order chi connectivity index (χ1) is 5.47. The summed E-state index contributed by atoms with van der Waals surface area (Å²) in [4.78, 5) is 5.74. The van der Waals surface area contributed by atoms with Crippen LogP contribution in [0.4, 0.5) is 0 Å². The van der Waals surface area contributed by atoms with Gasteiger partial charge in [0.25, 0.3) is 0 Å². The van der Waals surface area contributed by atoms with Crippen LogP contribution in [-0.2, 0) is 0 Å². The zero-order chi connectivity index (χ0) is 7.52. The average Bonchev–Trinajstić information content (AvgIpc) is 2.58. The Hall–Kier alpha value is -0.670. The molecule has 0 saturated carbocycles. The Morgan fingerprint density at radius 1 is 1.55 bits per heavy atom. The van der Waals surface area contributed by atoms with Gasteiger partial charge in [0.05, 0.1) is 12.3 Å². The molecule has 0 spiro atoms. The predicted octanol–water partition coefficient (Wildman–Crippen LogP) is 1.14. The standard InChI is InChI=1S/C8H10N2S/c1-2-8(11-5-1)7-6-9-3-4-10-7/h1-2,5,9H,3-4,6H2. The van der Waals surface area contributed by atoms with Gasteiger partial charge in [-0.05, 0) is 11.4 Å². The van der Waals surface area contributed by atoms with E-state index in [4.69, 9.17) is 0 Å². The van der Waals surface area contributed by atoms with E-state index in [1.807, 2.05) is 0 Å². The first-order valence-corrected chi connectivity index (χ1v) is 4.63. The molecule has 2 heterocycles. The third-order valence-electron chi connectivity index (χ3n) is 1.69. The SMILES string of the molecule is c1csc(C2=NCCNC2)c1. The van der Waals surface area contributed by atoms with Crippen LogP contribution in [0.5, 0.6) is 0 Å². The summed E-state index contributed by atoms with van der Waals surface area (Å²) in [6.07, 6.45) is 0. The van der Waals surface area contributed by atoms with E-state index in [2.05, 4.69) is 27.8 Å². The van der Waals surface area contributed by atoms with Crippen LogP contribution in [0.3, 0.4) is 0 Å². The molecule has 3 heteroatoms. The van der Waals surface area contributed by atoms with Crippen molar-refractivity contribution in [3.8, 4) is 0 Å². The second-order valence-corrected chi connectivity index (χ2v) is 3.43. The van der Waals surface area contributed by atoms with Gasteiger partial charge >= 0.3 is 0 Å². The van der Waals surface area contributed by atoms with Gasteiger partial charge in [-0.2, -0.15) is 0 Å². The highest BCUT2D eigenvalue weighted by atomic mass is 32.1. The number of rotatable bonds is 1. The van der Waals surface area contributed by atoms with Crippen LogP contribution in [0.1, 0.15) is 4.88 Å². The van der Waals surface area contributed by atoms with E-state index in [-0.39, 0.29) is 0 Å². The highest BCUT2D eigenvalue weighted by Gasteiger charge is 2.06. The van der Waals surface area contributed by atoms with E-state index in [0.717, 1.165) is 19.6 Å². The van der Waals surface area contributed by atoms with Crippen molar-refractivity contribution in [2.24, 2.45) is 4.99 Å². The van der Waals surface area contributed by atoms with E-state index in [0.29, 0.717) is 0 Å². The summed E-state index contributed by atoms with van der Waals surface area (Å²) < 4.78 is 0. The quantitative estimate of drug-likeness (QED) is 0.664. The molecule has 0 aromatic carbocycles. The first-order valence-electron chi connectivity index (χ1n) is 3.75. The van der Waals surface area contributed by atoms with E-state index in [1.165, 1.54) is 10.6 Å². The normalized spacial score (nSPS) is 18.0. The maximum atomic E-state index is 4.44. The lowest BCUT2D eigenvalue weighted by molar-refractivity contribution is 0.737. The molecule has 0 fully saturated rings. The van der Waals surface area contributed by atoms with Gasteiger partial charge in [0.2, 0.25) is 0 Å². The van der Waals surface area contributed by atoms with Crippen molar-refractivity contribution < 1.29 is 0 Å². The first kappa shape index (κ1) is 7.00. The van der Waals surface area contributed by atoms with Crippen molar-refractivity contribution in [1.82, 2.24) is 5.32 Å². The lowest BCUT2D eigenvalue weighted by atomic mass is 10.2. The topological polar surface area (TPSA) is 24.4 Å². The Balaban J connectivity index is 2.22. The molecule has 2 nitrogen and oxygen atoms in total. The molecule has 1 aromatic rings. The average molecular weight is 166 g/mol. The molecule has 0 atom stereocenters. The lowest BCUT2D eigenvalue weighted by Gasteiger charge is -2.11. The minimum atomic E-state index is 0.924. The Morgan fingerprint density at radius 3 is 3.18 bits per heavy atom. The van der Waals surface area contributed by atoms with Gasteiger partial charge in [0.1, 0.15) is 0 Å². The van der Waals surface area contributed by atoms with Crippen LogP contribution in [0.25, 0.3) is 0 Å². The number of hydrogen-bond donors (Lipinski definition) is 1.